The molecule has 7 nitrogen and oxygen atoms in total. The van der Waals surface area contributed by atoms with Crippen LogP contribution >= 0.6 is 0 Å². The van der Waals surface area contributed by atoms with Gasteiger partial charge in [-0.05, 0) is 25.5 Å². The van der Waals surface area contributed by atoms with Crippen molar-refractivity contribution in [1.82, 2.24) is 10.2 Å². The van der Waals surface area contributed by atoms with Crippen molar-refractivity contribution in [3.8, 4) is 17.2 Å². The van der Waals surface area contributed by atoms with Crippen LogP contribution in [-0.4, -0.2) is 49.6 Å². The molecular formula is C29H33FN2O5. The fourth-order valence-electron chi connectivity index (χ4n) is 3.84. The van der Waals surface area contributed by atoms with Gasteiger partial charge in [0.05, 0.1) is 14.2 Å². The second-order valence-corrected chi connectivity index (χ2v) is 8.82. The summed E-state index contributed by atoms with van der Waals surface area (Å²) in [6, 6.07) is 19.5. The molecule has 3 aromatic rings. The Labute approximate surface area is 217 Å². The van der Waals surface area contributed by atoms with E-state index in [0.29, 0.717) is 22.8 Å². The predicted octanol–water partition coefficient (Wildman–Crippen LogP) is 4.39. The zero-order valence-corrected chi connectivity index (χ0v) is 21.6. The quantitative estimate of drug-likeness (QED) is 0.393. The molecule has 3 rings (SSSR count). The van der Waals surface area contributed by atoms with Crippen LogP contribution in [0.3, 0.4) is 0 Å². The molecule has 0 aliphatic carbocycles. The summed E-state index contributed by atoms with van der Waals surface area (Å²) in [4.78, 5) is 28.3. The van der Waals surface area contributed by atoms with Crippen LogP contribution in [0.2, 0.25) is 0 Å². The minimum Gasteiger partial charge on any atom is -0.496 e. The highest BCUT2D eigenvalue weighted by Crippen LogP contribution is 2.27. The lowest BCUT2D eigenvalue weighted by Crippen LogP contribution is -2.53. The molecular weight excluding hydrogens is 475 g/mol. The van der Waals surface area contributed by atoms with Crippen molar-refractivity contribution in [2.24, 2.45) is 0 Å². The number of amides is 2. The fraction of sp³-hybridized carbons (Fsp3) is 0.310. The number of hydrogen-bond donors (Lipinski definition) is 1. The monoisotopic (exact) mass is 508 g/mol. The molecule has 0 heterocycles. The predicted molar refractivity (Wildman–Crippen MR) is 139 cm³/mol. The molecule has 0 saturated carbocycles. The molecule has 1 atom stereocenters. The Balaban J connectivity index is 1.93. The highest BCUT2D eigenvalue weighted by molar-refractivity contribution is 5.88. The maximum absolute atomic E-state index is 14.6. The number of ether oxygens (including phenoxy) is 3. The van der Waals surface area contributed by atoms with Gasteiger partial charge in [-0.15, -0.1) is 0 Å². The van der Waals surface area contributed by atoms with E-state index in [0.717, 1.165) is 5.56 Å². The van der Waals surface area contributed by atoms with Crippen LogP contribution < -0.4 is 19.5 Å². The lowest BCUT2D eigenvalue weighted by Gasteiger charge is -2.32. The van der Waals surface area contributed by atoms with Gasteiger partial charge in [-0.2, -0.15) is 0 Å². The molecule has 0 saturated heterocycles. The van der Waals surface area contributed by atoms with Crippen LogP contribution in [0.15, 0.2) is 72.8 Å². The van der Waals surface area contributed by atoms with Crippen LogP contribution in [0.25, 0.3) is 0 Å². The zero-order valence-electron chi connectivity index (χ0n) is 21.6. The van der Waals surface area contributed by atoms with Crippen molar-refractivity contribution in [2.45, 2.75) is 38.9 Å². The third kappa shape index (κ3) is 7.96. The molecule has 0 aliphatic heterocycles. The molecule has 0 unspecified atom stereocenters. The molecule has 0 bridgehead atoms. The number of nitrogens with zero attached hydrogens (tertiary/aromatic N) is 1. The van der Waals surface area contributed by atoms with E-state index < -0.39 is 17.8 Å². The molecule has 0 spiro atoms. The third-order valence-electron chi connectivity index (χ3n) is 5.69. The second kappa shape index (κ2) is 13.3. The van der Waals surface area contributed by atoms with Gasteiger partial charge in [-0.3, -0.25) is 9.59 Å². The van der Waals surface area contributed by atoms with E-state index >= 15 is 0 Å². The zero-order chi connectivity index (χ0) is 26.8. The standard InChI is InChI=1S/C29H33FN2O5/c1-20(2)31-29(34)27(14-21-10-6-5-7-11-21)32(18-22-12-8-9-13-26(22)30)28(33)19-37-25-16-23(35-3)15-24(17-25)36-4/h5-13,15-17,20,27H,14,18-19H2,1-4H3,(H,31,34)/t27-/m1/s1. The minimum absolute atomic E-state index is 0.0979. The molecule has 8 heteroatoms. The largest absolute Gasteiger partial charge is 0.496 e. The Morgan fingerprint density at radius 3 is 2.08 bits per heavy atom. The minimum atomic E-state index is -0.889. The highest BCUT2D eigenvalue weighted by Gasteiger charge is 2.31. The van der Waals surface area contributed by atoms with Gasteiger partial charge in [0.2, 0.25) is 5.91 Å². The molecule has 0 aromatic heterocycles. The van der Waals surface area contributed by atoms with Gasteiger partial charge < -0.3 is 24.4 Å². The second-order valence-electron chi connectivity index (χ2n) is 8.82. The Hall–Kier alpha value is -4.07. The number of methoxy groups -OCH3 is 2. The first-order chi connectivity index (χ1) is 17.8. The summed E-state index contributed by atoms with van der Waals surface area (Å²) < 4.78 is 31.0. The maximum atomic E-state index is 14.6. The summed E-state index contributed by atoms with van der Waals surface area (Å²) >= 11 is 0. The van der Waals surface area contributed by atoms with Crippen LogP contribution in [0.1, 0.15) is 25.0 Å². The summed E-state index contributed by atoms with van der Waals surface area (Å²) in [5.41, 5.74) is 1.17. The van der Waals surface area contributed by atoms with E-state index in [9.17, 15) is 14.0 Å². The lowest BCUT2D eigenvalue weighted by atomic mass is 10.0. The van der Waals surface area contributed by atoms with Crippen LogP contribution in [0, 0.1) is 5.82 Å². The Morgan fingerprint density at radius 1 is 0.892 bits per heavy atom. The van der Waals surface area contributed by atoms with Gasteiger partial charge in [-0.1, -0.05) is 48.5 Å². The Kier molecular flexibility index (Phi) is 9.89. The summed E-state index contributed by atoms with van der Waals surface area (Å²) in [5, 5.41) is 2.90. The molecule has 3 aromatic carbocycles. The number of nitrogens with one attached hydrogen (secondary N) is 1. The number of carbonyl (C=O) groups is 2. The summed E-state index contributed by atoms with van der Waals surface area (Å²) in [5.74, 6) is 0.117. The molecule has 1 N–H and O–H groups in total. The van der Waals surface area contributed by atoms with Crippen molar-refractivity contribution in [1.29, 1.82) is 0 Å². The third-order valence-corrected chi connectivity index (χ3v) is 5.69. The summed E-state index contributed by atoms with van der Waals surface area (Å²) in [7, 11) is 3.03. The van der Waals surface area contributed by atoms with Gasteiger partial charge in [0.1, 0.15) is 29.1 Å². The van der Waals surface area contributed by atoms with Crippen LogP contribution in [-0.2, 0) is 22.6 Å². The Bertz CT molecular complexity index is 1160. The van der Waals surface area contributed by atoms with E-state index in [-0.39, 0.29) is 31.5 Å². The van der Waals surface area contributed by atoms with Crippen molar-refractivity contribution in [3.05, 3.63) is 89.7 Å². The maximum Gasteiger partial charge on any atom is 0.261 e. The van der Waals surface area contributed by atoms with Crippen molar-refractivity contribution < 1.29 is 28.2 Å². The van der Waals surface area contributed by atoms with Gasteiger partial charge in [0.25, 0.3) is 5.91 Å². The van der Waals surface area contributed by atoms with Crippen LogP contribution in [0.5, 0.6) is 17.2 Å². The smallest absolute Gasteiger partial charge is 0.261 e. The first-order valence-corrected chi connectivity index (χ1v) is 12.0. The van der Waals surface area contributed by atoms with Gasteiger partial charge in [0.15, 0.2) is 6.61 Å². The van der Waals surface area contributed by atoms with Gasteiger partial charge >= 0.3 is 0 Å². The first kappa shape index (κ1) is 27.5. The topological polar surface area (TPSA) is 77.1 Å². The molecule has 0 radical (unpaired) electrons. The number of benzene rings is 3. The van der Waals surface area contributed by atoms with E-state index in [1.165, 1.54) is 25.2 Å². The van der Waals surface area contributed by atoms with E-state index in [1.807, 2.05) is 44.2 Å². The van der Waals surface area contributed by atoms with E-state index in [2.05, 4.69) is 5.32 Å². The number of halogens is 1. The van der Waals surface area contributed by atoms with E-state index in [1.54, 1.807) is 36.4 Å². The Morgan fingerprint density at radius 2 is 1.49 bits per heavy atom. The van der Waals surface area contributed by atoms with Crippen molar-refractivity contribution in [2.75, 3.05) is 20.8 Å². The SMILES string of the molecule is COc1cc(OC)cc(OCC(=O)N(Cc2ccccc2F)[C@H](Cc2ccccc2)C(=O)NC(C)C)c1. The van der Waals surface area contributed by atoms with Crippen molar-refractivity contribution >= 4 is 11.8 Å². The number of rotatable bonds is 12. The summed E-state index contributed by atoms with van der Waals surface area (Å²) in [6.45, 7) is 3.23. The highest BCUT2D eigenvalue weighted by atomic mass is 19.1. The molecule has 0 fully saturated rings. The normalized spacial score (nSPS) is 11.5. The number of hydrogen-bond acceptors (Lipinski definition) is 5. The van der Waals surface area contributed by atoms with Gasteiger partial charge in [-0.25, -0.2) is 4.39 Å². The average molecular weight is 509 g/mol. The molecule has 37 heavy (non-hydrogen) atoms. The molecule has 2 amide bonds. The molecule has 0 aliphatic rings. The summed E-state index contributed by atoms with van der Waals surface area (Å²) in [6.07, 6.45) is 0.257. The average Bonchev–Trinajstić information content (AvgIpc) is 2.90. The molecule has 196 valence electrons. The fourth-order valence-corrected chi connectivity index (χ4v) is 3.84. The van der Waals surface area contributed by atoms with Crippen molar-refractivity contribution in [3.63, 3.8) is 0 Å². The van der Waals surface area contributed by atoms with Gasteiger partial charge in [0, 0.05) is 42.8 Å². The van der Waals surface area contributed by atoms with E-state index in [4.69, 9.17) is 14.2 Å². The first-order valence-electron chi connectivity index (χ1n) is 12.0. The van der Waals surface area contributed by atoms with Crippen LogP contribution in [0.4, 0.5) is 4.39 Å². The lowest BCUT2D eigenvalue weighted by molar-refractivity contribution is -0.143. The number of carbonyl (C=O) groups excluding carboxylic acids is 2.